The van der Waals surface area contributed by atoms with Crippen molar-refractivity contribution >= 4 is 5.69 Å². The summed E-state index contributed by atoms with van der Waals surface area (Å²) >= 11 is 0. The number of para-hydroxylation sites is 1. The van der Waals surface area contributed by atoms with Crippen molar-refractivity contribution in [2.75, 3.05) is 18.5 Å². The third-order valence-electron chi connectivity index (χ3n) is 4.01. The van der Waals surface area contributed by atoms with Crippen molar-refractivity contribution in [2.24, 2.45) is 0 Å². The van der Waals surface area contributed by atoms with Gasteiger partial charge in [0.2, 0.25) is 0 Å². The van der Waals surface area contributed by atoms with Crippen LogP contribution >= 0.6 is 0 Å². The van der Waals surface area contributed by atoms with E-state index in [9.17, 15) is 0 Å². The van der Waals surface area contributed by atoms with Gasteiger partial charge in [0.25, 0.3) is 0 Å². The molecule has 0 fully saturated rings. The Morgan fingerprint density at radius 3 is 1.86 bits per heavy atom. The first kappa shape index (κ1) is 19.6. The summed E-state index contributed by atoms with van der Waals surface area (Å²) in [7, 11) is 0. The van der Waals surface area contributed by atoms with E-state index in [1.807, 2.05) is 80.6 Å². The van der Waals surface area contributed by atoms with Crippen LogP contribution in [-0.2, 0) is 6.54 Å². The lowest BCUT2D eigenvalue weighted by Crippen LogP contribution is -2.09. The Balaban J connectivity index is 1.39. The highest BCUT2D eigenvalue weighted by Crippen LogP contribution is 2.18. The van der Waals surface area contributed by atoms with E-state index in [0.29, 0.717) is 13.2 Å². The van der Waals surface area contributed by atoms with E-state index >= 15 is 0 Å². The summed E-state index contributed by atoms with van der Waals surface area (Å²) < 4.78 is 17.0. The fourth-order valence-corrected chi connectivity index (χ4v) is 2.67. The minimum absolute atomic E-state index is 0.189. The van der Waals surface area contributed by atoms with Gasteiger partial charge in [0, 0.05) is 12.2 Å². The van der Waals surface area contributed by atoms with Crippen LogP contribution in [0.25, 0.3) is 0 Å². The fraction of sp³-hybridized carbons (Fsp3) is 0.250. The number of rotatable bonds is 10. The SMILES string of the molecule is CC(C)Oc1ccc(CNc2ccc(OCCOc3ccccc3)cc2)cc1. The third kappa shape index (κ3) is 6.54. The number of anilines is 1. The highest BCUT2D eigenvalue weighted by molar-refractivity contribution is 5.47. The van der Waals surface area contributed by atoms with Crippen LogP contribution in [0.15, 0.2) is 78.9 Å². The predicted octanol–water partition coefficient (Wildman–Crippen LogP) is 5.54. The summed E-state index contributed by atoms with van der Waals surface area (Å²) in [4.78, 5) is 0. The van der Waals surface area contributed by atoms with E-state index in [1.54, 1.807) is 0 Å². The number of hydrogen-bond donors (Lipinski definition) is 1. The smallest absolute Gasteiger partial charge is 0.122 e. The van der Waals surface area contributed by atoms with Crippen molar-refractivity contribution in [3.63, 3.8) is 0 Å². The first-order chi connectivity index (χ1) is 13.7. The summed E-state index contributed by atoms with van der Waals surface area (Å²) in [5.74, 6) is 2.59. The molecule has 0 aliphatic heterocycles. The van der Waals surface area contributed by atoms with E-state index in [-0.39, 0.29) is 6.10 Å². The van der Waals surface area contributed by atoms with Crippen molar-refractivity contribution in [2.45, 2.75) is 26.5 Å². The van der Waals surface area contributed by atoms with Gasteiger partial charge in [-0.1, -0.05) is 30.3 Å². The molecule has 0 aliphatic rings. The molecule has 0 spiro atoms. The number of benzene rings is 3. The molecule has 0 saturated carbocycles. The highest BCUT2D eigenvalue weighted by atomic mass is 16.5. The zero-order valence-corrected chi connectivity index (χ0v) is 16.4. The summed E-state index contributed by atoms with van der Waals surface area (Å²) in [6.45, 7) is 5.83. The topological polar surface area (TPSA) is 39.7 Å². The molecule has 3 rings (SSSR count). The zero-order valence-electron chi connectivity index (χ0n) is 16.4. The van der Waals surface area contributed by atoms with Gasteiger partial charge in [-0.25, -0.2) is 0 Å². The van der Waals surface area contributed by atoms with Crippen LogP contribution in [0.2, 0.25) is 0 Å². The van der Waals surface area contributed by atoms with Gasteiger partial charge in [0.05, 0.1) is 6.10 Å². The van der Waals surface area contributed by atoms with Crippen molar-refractivity contribution in [3.8, 4) is 17.2 Å². The Labute approximate surface area is 167 Å². The van der Waals surface area contributed by atoms with Gasteiger partial charge in [-0.15, -0.1) is 0 Å². The number of hydrogen-bond acceptors (Lipinski definition) is 4. The minimum Gasteiger partial charge on any atom is -0.491 e. The van der Waals surface area contributed by atoms with Gasteiger partial charge in [0.15, 0.2) is 0 Å². The lowest BCUT2D eigenvalue weighted by Gasteiger charge is -2.11. The maximum Gasteiger partial charge on any atom is 0.122 e. The van der Waals surface area contributed by atoms with E-state index in [4.69, 9.17) is 14.2 Å². The molecule has 3 aromatic carbocycles. The molecule has 0 amide bonds. The average molecular weight is 377 g/mol. The molecule has 0 bridgehead atoms. The maximum absolute atomic E-state index is 5.72. The van der Waals surface area contributed by atoms with Gasteiger partial charge in [0.1, 0.15) is 30.5 Å². The standard InChI is InChI=1S/C24H27NO3/c1-19(2)28-24-12-8-20(9-13-24)18-25-21-10-14-23(15-11-21)27-17-16-26-22-6-4-3-5-7-22/h3-15,19,25H,16-18H2,1-2H3. The molecule has 4 heteroatoms. The van der Waals surface area contributed by atoms with Crippen LogP contribution in [-0.4, -0.2) is 19.3 Å². The van der Waals surface area contributed by atoms with Crippen molar-refractivity contribution in [3.05, 3.63) is 84.4 Å². The highest BCUT2D eigenvalue weighted by Gasteiger charge is 2.00. The van der Waals surface area contributed by atoms with Crippen LogP contribution < -0.4 is 19.5 Å². The molecule has 0 saturated heterocycles. The van der Waals surface area contributed by atoms with Crippen LogP contribution in [0.1, 0.15) is 19.4 Å². The second-order valence-corrected chi connectivity index (χ2v) is 6.70. The molecule has 0 atom stereocenters. The van der Waals surface area contributed by atoms with Gasteiger partial charge in [-0.05, 0) is 67.9 Å². The predicted molar refractivity (Wildman–Crippen MR) is 113 cm³/mol. The summed E-state index contributed by atoms with van der Waals surface area (Å²) in [6, 6.07) is 25.9. The van der Waals surface area contributed by atoms with Gasteiger partial charge >= 0.3 is 0 Å². The lowest BCUT2D eigenvalue weighted by atomic mass is 10.2. The van der Waals surface area contributed by atoms with Crippen LogP contribution in [0, 0.1) is 0 Å². The Hall–Kier alpha value is -3.14. The minimum atomic E-state index is 0.189. The summed E-state index contributed by atoms with van der Waals surface area (Å²) in [5, 5.41) is 3.42. The van der Waals surface area contributed by atoms with Crippen molar-refractivity contribution < 1.29 is 14.2 Å². The first-order valence-electron chi connectivity index (χ1n) is 9.59. The molecule has 28 heavy (non-hydrogen) atoms. The van der Waals surface area contributed by atoms with Crippen LogP contribution in [0.4, 0.5) is 5.69 Å². The lowest BCUT2D eigenvalue weighted by molar-refractivity contribution is 0.217. The van der Waals surface area contributed by atoms with Crippen LogP contribution in [0.3, 0.4) is 0 Å². The molecule has 0 aliphatic carbocycles. The molecule has 0 unspecified atom stereocenters. The second kappa shape index (κ2) is 10.3. The zero-order chi connectivity index (χ0) is 19.6. The van der Waals surface area contributed by atoms with Crippen molar-refractivity contribution in [1.29, 1.82) is 0 Å². The molecule has 3 aromatic rings. The number of ether oxygens (including phenoxy) is 3. The first-order valence-corrected chi connectivity index (χ1v) is 9.59. The molecular formula is C24H27NO3. The Bertz CT molecular complexity index is 815. The van der Waals surface area contributed by atoms with E-state index in [1.165, 1.54) is 5.56 Å². The maximum atomic E-state index is 5.72. The molecule has 146 valence electrons. The third-order valence-corrected chi connectivity index (χ3v) is 4.01. The largest absolute Gasteiger partial charge is 0.491 e. The molecule has 0 heterocycles. The molecule has 0 aromatic heterocycles. The quantitative estimate of drug-likeness (QED) is 0.471. The Morgan fingerprint density at radius 2 is 1.25 bits per heavy atom. The molecular weight excluding hydrogens is 350 g/mol. The van der Waals surface area contributed by atoms with Crippen LogP contribution in [0.5, 0.6) is 17.2 Å². The van der Waals surface area contributed by atoms with E-state index in [2.05, 4.69) is 17.4 Å². The Morgan fingerprint density at radius 1 is 0.679 bits per heavy atom. The van der Waals surface area contributed by atoms with Gasteiger partial charge < -0.3 is 19.5 Å². The normalized spacial score (nSPS) is 10.5. The van der Waals surface area contributed by atoms with E-state index < -0.39 is 0 Å². The molecule has 0 radical (unpaired) electrons. The molecule has 1 N–H and O–H groups in total. The summed E-state index contributed by atoms with van der Waals surface area (Å²) in [6.07, 6.45) is 0.189. The monoisotopic (exact) mass is 377 g/mol. The van der Waals surface area contributed by atoms with E-state index in [0.717, 1.165) is 29.5 Å². The number of nitrogens with one attached hydrogen (secondary N) is 1. The summed E-state index contributed by atoms with van der Waals surface area (Å²) in [5.41, 5.74) is 2.25. The van der Waals surface area contributed by atoms with Gasteiger partial charge in [-0.2, -0.15) is 0 Å². The Kier molecular flexibility index (Phi) is 7.19. The fourth-order valence-electron chi connectivity index (χ4n) is 2.67. The second-order valence-electron chi connectivity index (χ2n) is 6.70. The molecule has 4 nitrogen and oxygen atoms in total. The van der Waals surface area contributed by atoms with Crippen molar-refractivity contribution in [1.82, 2.24) is 0 Å². The van der Waals surface area contributed by atoms with Gasteiger partial charge in [-0.3, -0.25) is 0 Å². The average Bonchev–Trinajstić information content (AvgIpc) is 2.72.